The first-order chi connectivity index (χ1) is 9.47. The third-order valence-corrected chi connectivity index (χ3v) is 3.07. The minimum atomic E-state index is -0.187. The summed E-state index contributed by atoms with van der Waals surface area (Å²) in [7, 11) is 1.48. The number of amides is 1. The summed E-state index contributed by atoms with van der Waals surface area (Å²) in [5, 5.41) is 2.85. The van der Waals surface area contributed by atoms with E-state index in [4.69, 9.17) is 9.47 Å². The quantitative estimate of drug-likeness (QED) is 0.776. The van der Waals surface area contributed by atoms with Crippen molar-refractivity contribution in [1.29, 1.82) is 0 Å². The average Bonchev–Trinajstić information content (AvgIpc) is 2.44. The first-order valence-electron chi connectivity index (χ1n) is 6.53. The Hall–Kier alpha value is -2.04. The van der Waals surface area contributed by atoms with Crippen molar-refractivity contribution >= 4 is 12.2 Å². The predicted molar refractivity (Wildman–Crippen MR) is 76.3 cm³/mol. The molecule has 1 amide bonds. The number of aldehydes is 1. The number of carbonyl (C=O) groups is 2. The van der Waals surface area contributed by atoms with Gasteiger partial charge in [0.15, 0.2) is 18.1 Å². The molecule has 5 heteroatoms. The molecule has 0 fully saturated rings. The van der Waals surface area contributed by atoms with Crippen LogP contribution in [0, 0.1) is 5.92 Å². The Balaban J connectivity index is 2.61. The van der Waals surface area contributed by atoms with Gasteiger partial charge in [0, 0.05) is 11.6 Å². The zero-order valence-corrected chi connectivity index (χ0v) is 12.3. The number of hydrogen-bond acceptors (Lipinski definition) is 4. The van der Waals surface area contributed by atoms with E-state index in [9.17, 15) is 9.59 Å². The number of benzene rings is 1. The van der Waals surface area contributed by atoms with Gasteiger partial charge in [-0.15, -0.1) is 0 Å². The first kappa shape index (κ1) is 16.0. The molecule has 0 saturated heterocycles. The third-order valence-electron chi connectivity index (χ3n) is 3.07. The molecule has 110 valence electrons. The average molecular weight is 279 g/mol. The third kappa shape index (κ3) is 4.57. The Bertz CT molecular complexity index is 471. The van der Waals surface area contributed by atoms with Crippen LogP contribution in [0.4, 0.5) is 0 Å². The van der Waals surface area contributed by atoms with E-state index in [1.54, 1.807) is 18.2 Å². The highest BCUT2D eigenvalue weighted by atomic mass is 16.5. The second-order valence-corrected chi connectivity index (χ2v) is 4.92. The number of ether oxygens (including phenoxy) is 2. The molecule has 1 atom stereocenters. The molecule has 1 aromatic carbocycles. The van der Waals surface area contributed by atoms with E-state index in [0.717, 1.165) is 6.29 Å². The molecule has 5 nitrogen and oxygen atoms in total. The van der Waals surface area contributed by atoms with Crippen LogP contribution in [0.2, 0.25) is 0 Å². The summed E-state index contributed by atoms with van der Waals surface area (Å²) in [6.07, 6.45) is 0.726. The van der Waals surface area contributed by atoms with E-state index in [1.807, 2.05) is 20.8 Å². The Labute approximate surface area is 119 Å². The van der Waals surface area contributed by atoms with Crippen LogP contribution >= 0.6 is 0 Å². The van der Waals surface area contributed by atoms with E-state index in [1.165, 1.54) is 7.11 Å². The van der Waals surface area contributed by atoms with Crippen LogP contribution in [0.15, 0.2) is 18.2 Å². The van der Waals surface area contributed by atoms with Crippen LogP contribution in [-0.4, -0.2) is 32.0 Å². The van der Waals surface area contributed by atoms with Crippen molar-refractivity contribution in [2.24, 2.45) is 5.92 Å². The van der Waals surface area contributed by atoms with Crippen molar-refractivity contribution < 1.29 is 19.1 Å². The number of carbonyl (C=O) groups excluding carboxylic acids is 2. The normalized spacial score (nSPS) is 11.8. The van der Waals surface area contributed by atoms with E-state index in [0.29, 0.717) is 23.0 Å². The fourth-order valence-electron chi connectivity index (χ4n) is 1.48. The molecule has 1 N–H and O–H groups in total. The zero-order chi connectivity index (χ0) is 15.1. The predicted octanol–water partition coefficient (Wildman–Crippen LogP) is 2.05. The van der Waals surface area contributed by atoms with E-state index >= 15 is 0 Å². The largest absolute Gasteiger partial charge is 0.493 e. The lowest BCUT2D eigenvalue weighted by atomic mass is 10.1. The highest BCUT2D eigenvalue weighted by Crippen LogP contribution is 2.27. The molecule has 0 aliphatic rings. The van der Waals surface area contributed by atoms with Crippen molar-refractivity contribution in [3.63, 3.8) is 0 Å². The maximum absolute atomic E-state index is 11.7. The minimum Gasteiger partial charge on any atom is -0.493 e. The molecule has 0 spiro atoms. The van der Waals surface area contributed by atoms with Gasteiger partial charge >= 0.3 is 0 Å². The molecule has 20 heavy (non-hydrogen) atoms. The molecule has 1 aromatic rings. The maximum atomic E-state index is 11.7. The van der Waals surface area contributed by atoms with E-state index < -0.39 is 0 Å². The van der Waals surface area contributed by atoms with E-state index in [-0.39, 0.29) is 18.6 Å². The van der Waals surface area contributed by atoms with Crippen molar-refractivity contribution in [2.45, 2.75) is 26.8 Å². The fourth-order valence-corrected chi connectivity index (χ4v) is 1.48. The summed E-state index contributed by atoms with van der Waals surface area (Å²) in [5.41, 5.74) is 0.493. The van der Waals surface area contributed by atoms with Gasteiger partial charge in [-0.05, 0) is 31.0 Å². The Morgan fingerprint density at radius 2 is 2.00 bits per heavy atom. The van der Waals surface area contributed by atoms with Crippen LogP contribution < -0.4 is 14.8 Å². The van der Waals surface area contributed by atoms with Gasteiger partial charge < -0.3 is 14.8 Å². The van der Waals surface area contributed by atoms with Crippen LogP contribution in [0.1, 0.15) is 31.1 Å². The van der Waals surface area contributed by atoms with Gasteiger partial charge in [0.1, 0.15) is 6.29 Å². The standard InChI is InChI=1S/C15H21NO4/c1-10(2)11(3)16-15(18)9-20-13-6-5-12(8-17)7-14(13)19-4/h5-8,10-11H,9H2,1-4H3,(H,16,18)/t11-/m1/s1. The van der Waals surface area contributed by atoms with Crippen molar-refractivity contribution in [1.82, 2.24) is 5.32 Å². The van der Waals surface area contributed by atoms with Gasteiger partial charge in [-0.2, -0.15) is 0 Å². The van der Waals surface area contributed by atoms with Crippen LogP contribution in [-0.2, 0) is 4.79 Å². The Morgan fingerprint density at radius 1 is 1.30 bits per heavy atom. The molecule has 0 radical (unpaired) electrons. The maximum Gasteiger partial charge on any atom is 0.258 e. The first-order valence-corrected chi connectivity index (χ1v) is 6.53. The molecule has 0 aliphatic heterocycles. The van der Waals surface area contributed by atoms with Gasteiger partial charge in [-0.25, -0.2) is 0 Å². The summed E-state index contributed by atoms with van der Waals surface area (Å²) >= 11 is 0. The highest BCUT2D eigenvalue weighted by molar-refractivity contribution is 5.78. The smallest absolute Gasteiger partial charge is 0.258 e. The number of hydrogen-bond donors (Lipinski definition) is 1. The number of nitrogens with one attached hydrogen (secondary N) is 1. The monoisotopic (exact) mass is 279 g/mol. The molecule has 0 heterocycles. The van der Waals surface area contributed by atoms with Crippen LogP contribution in [0.25, 0.3) is 0 Å². The van der Waals surface area contributed by atoms with E-state index in [2.05, 4.69) is 5.32 Å². The van der Waals surface area contributed by atoms with Crippen molar-refractivity contribution in [3.8, 4) is 11.5 Å². The number of methoxy groups -OCH3 is 1. The van der Waals surface area contributed by atoms with Gasteiger partial charge in [-0.3, -0.25) is 9.59 Å². The Kier molecular flexibility index (Phi) is 6.03. The summed E-state index contributed by atoms with van der Waals surface area (Å²) in [6, 6.07) is 4.88. The van der Waals surface area contributed by atoms with Crippen LogP contribution in [0.5, 0.6) is 11.5 Å². The molecular formula is C15H21NO4. The second kappa shape index (κ2) is 7.53. The molecule has 0 aromatic heterocycles. The minimum absolute atomic E-state index is 0.0884. The fraction of sp³-hybridized carbons (Fsp3) is 0.467. The summed E-state index contributed by atoms with van der Waals surface area (Å²) in [4.78, 5) is 22.4. The lowest BCUT2D eigenvalue weighted by Gasteiger charge is -2.18. The van der Waals surface area contributed by atoms with Gasteiger partial charge in [0.25, 0.3) is 5.91 Å². The molecule has 0 bridgehead atoms. The summed E-state index contributed by atoms with van der Waals surface area (Å²) in [6.45, 7) is 5.93. The van der Waals surface area contributed by atoms with Gasteiger partial charge in [-0.1, -0.05) is 13.8 Å². The topological polar surface area (TPSA) is 64.6 Å². The van der Waals surface area contributed by atoms with Crippen molar-refractivity contribution in [3.05, 3.63) is 23.8 Å². The highest BCUT2D eigenvalue weighted by Gasteiger charge is 2.12. The van der Waals surface area contributed by atoms with Crippen molar-refractivity contribution in [2.75, 3.05) is 13.7 Å². The number of rotatable bonds is 7. The lowest BCUT2D eigenvalue weighted by molar-refractivity contribution is -0.124. The molecule has 0 saturated carbocycles. The van der Waals surface area contributed by atoms with Gasteiger partial charge in [0.2, 0.25) is 0 Å². The SMILES string of the molecule is COc1cc(C=O)ccc1OCC(=O)N[C@H](C)C(C)C. The lowest BCUT2D eigenvalue weighted by Crippen LogP contribution is -2.38. The molecule has 0 aliphatic carbocycles. The van der Waals surface area contributed by atoms with Gasteiger partial charge in [0.05, 0.1) is 7.11 Å². The summed E-state index contributed by atoms with van der Waals surface area (Å²) in [5.74, 6) is 1.04. The Morgan fingerprint density at radius 3 is 2.55 bits per heavy atom. The van der Waals surface area contributed by atoms with Crippen LogP contribution in [0.3, 0.4) is 0 Å². The molecular weight excluding hydrogens is 258 g/mol. The molecule has 1 rings (SSSR count). The second-order valence-electron chi connectivity index (χ2n) is 4.92. The zero-order valence-electron chi connectivity index (χ0n) is 12.3. The summed E-state index contributed by atoms with van der Waals surface area (Å²) < 4.78 is 10.5. The molecule has 0 unspecified atom stereocenters.